The summed E-state index contributed by atoms with van der Waals surface area (Å²) in [6.45, 7) is 4.74. The lowest BCUT2D eigenvalue weighted by molar-refractivity contribution is -0.119. The lowest BCUT2D eigenvalue weighted by Gasteiger charge is -2.20. The fourth-order valence-electron chi connectivity index (χ4n) is 1.82. The minimum atomic E-state index is -0.205. The third kappa shape index (κ3) is 3.22. The summed E-state index contributed by atoms with van der Waals surface area (Å²) in [5.74, 6) is 0.510. The van der Waals surface area contributed by atoms with Crippen LogP contribution in [0.15, 0.2) is 0 Å². The first-order valence-corrected chi connectivity index (χ1v) is 4.69. The molecular formula is C9H18N2O. The molecule has 1 aliphatic rings. The molecule has 3 nitrogen and oxygen atoms in total. The summed E-state index contributed by atoms with van der Waals surface area (Å²) < 4.78 is 0. The van der Waals surface area contributed by atoms with Crippen molar-refractivity contribution in [2.45, 2.75) is 26.2 Å². The highest BCUT2D eigenvalue weighted by Crippen LogP contribution is 2.14. The molecule has 1 unspecified atom stereocenters. The number of carbonyl (C=O) groups is 1. The lowest BCUT2D eigenvalue weighted by Crippen LogP contribution is -2.35. The Labute approximate surface area is 73.9 Å². The van der Waals surface area contributed by atoms with Gasteiger partial charge in [0, 0.05) is 6.54 Å². The average molecular weight is 170 g/mol. The van der Waals surface area contributed by atoms with Crippen LogP contribution in [0.2, 0.25) is 0 Å². The van der Waals surface area contributed by atoms with Crippen molar-refractivity contribution >= 4 is 5.91 Å². The Hall–Kier alpha value is -0.570. The zero-order valence-corrected chi connectivity index (χ0v) is 7.75. The maximum Gasteiger partial charge on any atom is 0.231 e. The van der Waals surface area contributed by atoms with E-state index in [9.17, 15) is 4.79 Å². The van der Waals surface area contributed by atoms with Crippen molar-refractivity contribution in [2.75, 3.05) is 19.6 Å². The van der Waals surface area contributed by atoms with Crippen molar-refractivity contribution in [1.82, 2.24) is 4.90 Å². The van der Waals surface area contributed by atoms with Crippen molar-refractivity contribution in [3.8, 4) is 0 Å². The van der Waals surface area contributed by atoms with E-state index in [-0.39, 0.29) is 5.91 Å². The molecule has 0 bridgehead atoms. The topological polar surface area (TPSA) is 46.3 Å². The monoisotopic (exact) mass is 170 g/mol. The first-order valence-electron chi connectivity index (χ1n) is 4.69. The molecule has 1 atom stereocenters. The number of primary amides is 1. The van der Waals surface area contributed by atoms with Gasteiger partial charge in [0.05, 0.1) is 6.54 Å². The molecule has 1 heterocycles. The van der Waals surface area contributed by atoms with Gasteiger partial charge in [0.25, 0.3) is 0 Å². The van der Waals surface area contributed by atoms with Gasteiger partial charge >= 0.3 is 0 Å². The molecule has 1 aliphatic heterocycles. The smallest absolute Gasteiger partial charge is 0.231 e. The molecular weight excluding hydrogens is 152 g/mol. The summed E-state index contributed by atoms with van der Waals surface area (Å²) in [6.07, 6.45) is 3.78. The summed E-state index contributed by atoms with van der Waals surface area (Å²) in [5, 5.41) is 0. The highest BCUT2D eigenvalue weighted by molar-refractivity contribution is 5.75. The van der Waals surface area contributed by atoms with E-state index >= 15 is 0 Å². The Bertz CT molecular complexity index is 159. The highest BCUT2D eigenvalue weighted by Gasteiger charge is 2.15. The minimum Gasteiger partial charge on any atom is -0.369 e. The Morgan fingerprint density at radius 1 is 1.58 bits per heavy atom. The third-order valence-corrected chi connectivity index (χ3v) is 2.37. The average Bonchev–Trinajstić information content (AvgIpc) is 2.12. The van der Waals surface area contributed by atoms with Crippen LogP contribution in [0.1, 0.15) is 26.2 Å². The van der Waals surface area contributed by atoms with Crippen molar-refractivity contribution in [3.05, 3.63) is 0 Å². The molecule has 70 valence electrons. The van der Waals surface area contributed by atoms with Crippen LogP contribution in [0, 0.1) is 5.92 Å². The fourth-order valence-corrected chi connectivity index (χ4v) is 1.82. The Morgan fingerprint density at radius 3 is 3.00 bits per heavy atom. The first-order chi connectivity index (χ1) is 5.68. The second-order valence-electron chi connectivity index (χ2n) is 3.80. The number of nitrogens with zero attached hydrogens (tertiary/aromatic N) is 1. The molecule has 0 aliphatic carbocycles. The number of hydrogen-bond acceptors (Lipinski definition) is 2. The second kappa shape index (κ2) is 4.45. The van der Waals surface area contributed by atoms with Crippen LogP contribution in [0.5, 0.6) is 0 Å². The number of rotatable bonds is 2. The zero-order valence-electron chi connectivity index (χ0n) is 7.75. The van der Waals surface area contributed by atoms with Gasteiger partial charge in [-0.25, -0.2) is 0 Å². The summed E-state index contributed by atoms with van der Waals surface area (Å²) in [5.41, 5.74) is 5.14. The molecule has 0 saturated carbocycles. The molecule has 0 radical (unpaired) electrons. The maximum atomic E-state index is 10.7. The van der Waals surface area contributed by atoms with E-state index < -0.39 is 0 Å². The quantitative estimate of drug-likeness (QED) is 0.659. The first kappa shape index (κ1) is 9.52. The normalized spacial score (nSPS) is 26.6. The van der Waals surface area contributed by atoms with Gasteiger partial charge in [-0.3, -0.25) is 9.69 Å². The molecule has 0 aromatic rings. The van der Waals surface area contributed by atoms with Gasteiger partial charge in [-0.2, -0.15) is 0 Å². The highest BCUT2D eigenvalue weighted by atomic mass is 16.1. The van der Waals surface area contributed by atoms with E-state index in [2.05, 4.69) is 11.8 Å². The second-order valence-corrected chi connectivity index (χ2v) is 3.80. The van der Waals surface area contributed by atoms with E-state index in [4.69, 9.17) is 5.73 Å². The van der Waals surface area contributed by atoms with Crippen LogP contribution in [0.3, 0.4) is 0 Å². The molecule has 1 rings (SSSR count). The van der Waals surface area contributed by atoms with Gasteiger partial charge in [0.1, 0.15) is 0 Å². The Balaban J connectivity index is 2.35. The van der Waals surface area contributed by atoms with Gasteiger partial charge in [0.2, 0.25) is 5.91 Å². The van der Waals surface area contributed by atoms with Crippen LogP contribution in [0.25, 0.3) is 0 Å². The lowest BCUT2D eigenvalue weighted by atomic mass is 10.1. The number of amides is 1. The Kier molecular flexibility index (Phi) is 3.53. The maximum absolute atomic E-state index is 10.7. The number of likely N-dealkylation sites (tertiary alicyclic amines) is 1. The molecule has 0 spiro atoms. The summed E-state index contributed by atoms with van der Waals surface area (Å²) >= 11 is 0. The number of nitrogens with two attached hydrogens (primary N) is 1. The van der Waals surface area contributed by atoms with Crippen molar-refractivity contribution in [2.24, 2.45) is 11.7 Å². The van der Waals surface area contributed by atoms with Crippen LogP contribution in [-0.4, -0.2) is 30.4 Å². The van der Waals surface area contributed by atoms with Gasteiger partial charge in [-0.15, -0.1) is 0 Å². The Morgan fingerprint density at radius 2 is 2.33 bits per heavy atom. The van der Waals surface area contributed by atoms with Crippen LogP contribution >= 0.6 is 0 Å². The number of carbonyl (C=O) groups excluding carboxylic acids is 1. The van der Waals surface area contributed by atoms with Crippen LogP contribution in [-0.2, 0) is 4.79 Å². The molecule has 1 saturated heterocycles. The third-order valence-electron chi connectivity index (χ3n) is 2.37. The number of hydrogen-bond donors (Lipinski definition) is 1. The minimum absolute atomic E-state index is 0.205. The van der Waals surface area contributed by atoms with E-state index in [1.54, 1.807) is 0 Å². The van der Waals surface area contributed by atoms with Gasteiger partial charge < -0.3 is 5.73 Å². The predicted molar refractivity (Wildman–Crippen MR) is 48.6 cm³/mol. The molecule has 3 heteroatoms. The van der Waals surface area contributed by atoms with Crippen molar-refractivity contribution < 1.29 is 4.79 Å². The molecule has 0 aromatic heterocycles. The van der Waals surface area contributed by atoms with E-state index in [0.29, 0.717) is 12.5 Å². The summed E-state index contributed by atoms with van der Waals surface area (Å²) in [7, 11) is 0. The molecule has 1 fully saturated rings. The van der Waals surface area contributed by atoms with Crippen molar-refractivity contribution in [1.29, 1.82) is 0 Å². The zero-order chi connectivity index (χ0) is 8.97. The van der Waals surface area contributed by atoms with E-state index in [1.807, 2.05) is 0 Å². The largest absolute Gasteiger partial charge is 0.369 e. The van der Waals surface area contributed by atoms with Crippen LogP contribution in [0.4, 0.5) is 0 Å². The SMILES string of the molecule is CC1CCCCN(CC(N)=O)C1. The van der Waals surface area contributed by atoms with Gasteiger partial charge in [-0.1, -0.05) is 13.3 Å². The summed E-state index contributed by atoms with van der Waals surface area (Å²) in [4.78, 5) is 12.8. The van der Waals surface area contributed by atoms with Gasteiger partial charge in [-0.05, 0) is 25.3 Å². The molecule has 2 N–H and O–H groups in total. The predicted octanol–water partition coefficient (Wildman–Crippen LogP) is 0.594. The van der Waals surface area contributed by atoms with Crippen LogP contribution < -0.4 is 5.73 Å². The van der Waals surface area contributed by atoms with E-state index in [1.165, 1.54) is 19.3 Å². The van der Waals surface area contributed by atoms with E-state index in [0.717, 1.165) is 13.1 Å². The molecule has 0 aromatic carbocycles. The standard InChI is InChI=1S/C9H18N2O/c1-8-4-2-3-5-11(6-8)7-9(10)12/h8H,2-7H2,1H3,(H2,10,12). The van der Waals surface area contributed by atoms with Crippen molar-refractivity contribution in [3.63, 3.8) is 0 Å². The molecule has 1 amide bonds. The van der Waals surface area contributed by atoms with Gasteiger partial charge in [0.15, 0.2) is 0 Å². The fraction of sp³-hybridized carbons (Fsp3) is 0.889. The molecule has 12 heavy (non-hydrogen) atoms. The summed E-state index contributed by atoms with van der Waals surface area (Å²) in [6, 6.07) is 0.